The van der Waals surface area contributed by atoms with Gasteiger partial charge in [-0.3, -0.25) is 0 Å². The fraction of sp³-hybridized carbons (Fsp3) is 0.333. The van der Waals surface area contributed by atoms with Gasteiger partial charge in [-0.05, 0) is 23.6 Å². The first-order chi connectivity index (χ1) is 8.10. The summed E-state index contributed by atoms with van der Waals surface area (Å²) < 4.78 is 5.08. The molecule has 2 nitrogen and oxygen atoms in total. The van der Waals surface area contributed by atoms with Gasteiger partial charge in [0.15, 0.2) is 0 Å². The van der Waals surface area contributed by atoms with Crippen LogP contribution in [-0.4, -0.2) is 6.04 Å². The maximum Gasteiger partial charge on any atom is 0.0935 e. The molecular weight excluding hydrogens is 210 g/mol. The van der Waals surface area contributed by atoms with Crippen molar-refractivity contribution in [1.29, 1.82) is 0 Å². The van der Waals surface area contributed by atoms with Crippen molar-refractivity contribution in [1.82, 2.24) is 0 Å². The summed E-state index contributed by atoms with van der Waals surface area (Å²) in [4.78, 5) is 0. The highest BCUT2D eigenvalue weighted by Crippen LogP contribution is 2.27. The van der Waals surface area contributed by atoms with Crippen LogP contribution in [0, 0.1) is 0 Å². The van der Waals surface area contributed by atoms with Gasteiger partial charge in [-0.1, -0.05) is 44.2 Å². The minimum Gasteiger partial charge on any atom is -0.472 e. The van der Waals surface area contributed by atoms with Gasteiger partial charge in [0.1, 0.15) is 0 Å². The van der Waals surface area contributed by atoms with Gasteiger partial charge in [-0.25, -0.2) is 0 Å². The van der Waals surface area contributed by atoms with E-state index in [1.54, 1.807) is 12.5 Å². The molecule has 0 aliphatic carbocycles. The summed E-state index contributed by atoms with van der Waals surface area (Å²) in [6, 6.07) is 12.5. The Morgan fingerprint density at radius 2 is 1.88 bits per heavy atom. The second-order valence-electron chi connectivity index (χ2n) is 5.03. The molecule has 1 atom stereocenters. The summed E-state index contributed by atoms with van der Waals surface area (Å²) >= 11 is 0. The van der Waals surface area contributed by atoms with Gasteiger partial charge in [0.05, 0.1) is 12.5 Å². The molecule has 0 saturated heterocycles. The first-order valence-corrected chi connectivity index (χ1v) is 5.93. The second kappa shape index (κ2) is 4.76. The second-order valence-corrected chi connectivity index (χ2v) is 5.03. The molecule has 1 aromatic heterocycles. The van der Waals surface area contributed by atoms with Crippen molar-refractivity contribution < 1.29 is 4.42 Å². The Morgan fingerprint density at radius 3 is 2.47 bits per heavy atom. The van der Waals surface area contributed by atoms with E-state index in [4.69, 9.17) is 10.2 Å². The van der Waals surface area contributed by atoms with E-state index in [9.17, 15) is 0 Å². The van der Waals surface area contributed by atoms with Crippen LogP contribution in [0.25, 0.3) is 0 Å². The van der Waals surface area contributed by atoms with Crippen molar-refractivity contribution >= 4 is 0 Å². The third-order valence-corrected chi connectivity index (χ3v) is 3.48. The molecule has 0 spiro atoms. The van der Waals surface area contributed by atoms with Crippen molar-refractivity contribution in [3.8, 4) is 0 Å². The summed E-state index contributed by atoms with van der Waals surface area (Å²) in [5, 5.41) is 0. The standard InChI is InChI=1S/C15H19NO/c1-15(2,13-6-4-3-5-7-13)14(16)10-12-8-9-17-11-12/h3-9,11,14H,10,16H2,1-2H3. The zero-order valence-electron chi connectivity index (χ0n) is 10.4. The third-order valence-electron chi connectivity index (χ3n) is 3.48. The fourth-order valence-electron chi connectivity index (χ4n) is 2.00. The Labute approximate surface area is 102 Å². The molecule has 0 bridgehead atoms. The summed E-state index contributed by atoms with van der Waals surface area (Å²) in [6.45, 7) is 4.38. The molecule has 2 aromatic rings. The maximum atomic E-state index is 6.33. The molecule has 1 aromatic carbocycles. The normalized spacial score (nSPS) is 13.6. The molecule has 17 heavy (non-hydrogen) atoms. The Balaban J connectivity index is 2.15. The summed E-state index contributed by atoms with van der Waals surface area (Å²) in [7, 11) is 0. The number of nitrogens with two attached hydrogens (primary N) is 1. The van der Waals surface area contributed by atoms with Crippen LogP contribution in [-0.2, 0) is 11.8 Å². The zero-order valence-corrected chi connectivity index (χ0v) is 10.4. The van der Waals surface area contributed by atoms with E-state index in [1.807, 2.05) is 12.1 Å². The lowest BCUT2D eigenvalue weighted by molar-refractivity contribution is 0.405. The zero-order chi connectivity index (χ0) is 12.3. The van der Waals surface area contributed by atoms with Gasteiger partial charge in [-0.15, -0.1) is 0 Å². The van der Waals surface area contributed by atoms with E-state index in [-0.39, 0.29) is 11.5 Å². The van der Waals surface area contributed by atoms with Gasteiger partial charge >= 0.3 is 0 Å². The first kappa shape index (κ1) is 11.9. The molecule has 2 N–H and O–H groups in total. The highest BCUT2D eigenvalue weighted by molar-refractivity contribution is 5.26. The van der Waals surface area contributed by atoms with E-state index < -0.39 is 0 Å². The highest BCUT2D eigenvalue weighted by atomic mass is 16.3. The van der Waals surface area contributed by atoms with Crippen LogP contribution in [0.2, 0.25) is 0 Å². The SMILES string of the molecule is CC(C)(c1ccccc1)C(N)Cc1ccoc1. The molecule has 0 amide bonds. The van der Waals surface area contributed by atoms with E-state index in [1.165, 1.54) is 5.56 Å². The van der Waals surface area contributed by atoms with E-state index in [0.717, 1.165) is 12.0 Å². The minimum absolute atomic E-state index is 0.0431. The predicted octanol–water partition coefficient (Wildman–Crippen LogP) is 3.13. The van der Waals surface area contributed by atoms with Crippen LogP contribution in [0.4, 0.5) is 0 Å². The van der Waals surface area contributed by atoms with Crippen LogP contribution >= 0.6 is 0 Å². The average molecular weight is 229 g/mol. The van der Waals surface area contributed by atoms with Crippen molar-refractivity contribution in [2.24, 2.45) is 5.73 Å². The monoisotopic (exact) mass is 229 g/mol. The molecule has 0 radical (unpaired) electrons. The maximum absolute atomic E-state index is 6.33. The van der Waals surface area contributed by atoms with E-state index in [0.29, 0.717) is 0 Å². The Hall–Kier alpha value is -1.54. The summed E-state index contributed by atoms with van der Waals surface area (Å²) in [6.07, 6.45) is 4.29. The third kappa shape index (κ3) is 2.59. The van der Waals surface area contributed by atoms with Crippen molar-refractivity contribution in [3.05, 3.63) is 60.1 Å². The molecule has 0 fully saturated rings. The lowest BCUT2D eigenvalue weighted by Crippen LogP contribution is -2.42. The minimum atomic E-state index is -0.0431. The molecule has 1 unspecified atom stereocenters. The average Bonchev–Trinajstić information content (AvgIpc) is 2.83. The van der Waals surface area contributed by atoms with Crippen LogP contribution in [0.15, 0.2) is 53.3 Å². The number of rotatable bonds is 4. The fourth-order valence-corrected chi connectivity index (χ4v) is 2.00. The number of furan rings is 1. The lowest BCUT2D eigenvalue weighted by atomic mass is 9.76. The van der Waals surface area contributed by atoms with Crippen LogP contribution < -0.4 is 5.73 Å². The Bertz CT molecular complexity index is 445. The first-order valence-electron chi connectivity index (χ1n) is 5.93. The van der Waals surface area contributed by atoms with Gasteiger partial charge in [-0.2, -0.15) is 0 Å². The summed E-state index contributed by atoms with van der Waals surface area (Å²) in [5.41, 5.74) is 8.72. The smallest absolute Gasteiger partial charge is 0.0935 e. The Kier molecular flexibility index (Phi) is 3.34. The molecule has 0 saturated carbocycles. The molecule has 90 valence electrons. The quantitative estimate of drug-likeness (QED) is 0.874. The highest BCUT2D eigenvalue weighted by Gasteiger charge is 2.28. The van der Waals surface area contributed by atoms with Crippen LogP contribution in [0.1, 0.15) is 25.0 Å². The lowest BCUT2D eigenvalue weighted by Gasteiger charge is -2.32. The molecule has 0 aliphatic heterocycles. The Morgan fingerprint density at radius 1 is 1.18 bits per heavy atom. The van der Waals surface area contributed by atoms with Crippen molar-refractivity contribution in [3.63, 3.8) is 0 Å². The van der Waals surface area contributed by atoms with Crippen molar-refractivity contribution in [2.75, 3.05) is 0 Å². The molecule has 1 heterocycles. The van der Waals surface area contributed by atoms with Crippen molar-refractivity contribution in [2.45, 2.75) is 31.7 Å². The van der Waals surface area contributed by atoms with Crippen LogP contribution in [0.3, 0.4) is 0 Å². The van der Waals surface area contributed by atoms with E-state index in [2.05, 4.69) is 38.1 Å². The van der Waals surface area contributed by atoms with Gasteiger partial charge in [0.25, 0.3) is 0 Å². The van der Waals surface area contributed by atoms with Crippen LogP contribution in [0.5, 0.6) is 0 Å². The number of hydrogen-bond donors (Lipinski definition) is 1. The largest absolute Gasteiger partial charge is 0.472 e. The molecule has 2 rings (SSSR count). The number of hydrogen-bond acceptors (Lipinski definition) is 2. The molecule has 2 heteroatoms. The van der Waals surface area contributed by atoms with Gasteiger partial charge in [0.2, 0.25) is 0 Å². The van der Waals surface area contributed by atoms with Gasteiger partial charge < -0.3 is 10.2 Å². The molecular formula is C15H19NO. The number of benzene rings is 1. The topological polar surface area (TPSA) is 39.2 Å². The molecule has 0 aliphatic rings. The van der Waals surface area contributed by atoms with Gasteiger partial charge in [0, 0.05) is 11.5 Å². The summed E-state index contributed by atoms with van der Waals surface area (Å²) in [5.74, 6) is 0. The van der Waals surface area contributed by atoms with E-state index >= 15 is 0 Å². The predicted molar refractivity (Wildman–Crippen MR) is 69.9 cm³/mol.